The molecular formula is C28H27N5OS. The fourth-order valence-corrected chi connectivity index (χ4v) is 5.75. The van der Waals surface area contributed by atoms with E-state index >= 15 is 0 Å². The number of carbonyl (C=O) groups excluding carboxylic acids is 1. The average molecular weight is 482 g/mol. The van der Waals surface area contributed by atoms with E-state index in [2.05, 4.69) is 67.6 Å². The molecule has 3 heterocycles. The number of nitrogens with one attached hydrogen (secondary N) is 2. The third-order valence-electron chi connectivity index (χ3n) is 7.29. The summed E-state index contributed by atoms with van der Waals surface area (Å²) in [6, 6.07) is 18.8. The van der Waals surface area contributed by atoms with Crippen LogP contribution in [0.4, 0.5) is 5.69 Å². The van der Waals surface area contributed by atoms with Gasteiger partial charge in [0.15, 0.2) is 0 Å². The number of thiophene rings is 1. The smallest absolute Gasteiger partial charge is 0.251 e. The van der Waals surface area contributed by atoms with Crippen molar-refractivity contribution in [3.05, 3.63) is 70.4 Å². The number of piperidine rings is 1. The van der Waals surface area contributed by atoms with E-state index in [4.69, 9.17) is 5.26 Å². The fourth-order valence-electron chi connectivity index (χ4n) is 5.05. The van der Waals surface area contributed by atoms with Crippen molar-refractivity contribution in [3.8, 4) is 17.3 Å². The summed E-state index contributed by atoms with van der Waals surface area (Å²) in [6.45, 7) is 1.82. The Kier molecular flexibility index (Phi) is 5.75. The van der Waals surface area contributed by atoms with Gasteiger partial charge in [-0.3, -0.25) is 9.89 Å². The van der Waals surface area contributed by atoms with E-state index in [9.17, 15) is 4.79 Å². The minimum Gasteiger partial charge on any atom is -0.371 e. The van der Waals surface area contributed by atoms with Crippen molar-refractivity contribution in [1.82, 2.24) is 15.5 Å². The largest absolute Gasteiger partial charge is 0.371 e. The second-order valence-electron chi connectivity index (χ2n) is 9.62. The van der Waals surface area contributed by atoms with Crippen LogP contribution in [-0.2, 0) is 0 Å². The molecule has 1 aliphatic heterocycles. The average Bonchev–Trinajstić information content (AvgIpc) is 3.43. The highest BCUT2D eigenvalue weighted by Gasteiger charge is 2.34. The van der Waals surface area contributed by atoms with Gasteiger partial charge in [0.2, 0.25) is 0 Å². The second-order valence-corrected chi connectivity index (χ2v) is 10.4. The van der Waals surface area contributed by atoms with Crippen molar-refractivity contribution in [3.63, 3.8) is 0 Å². The normalized spacial score (nSPS) is 17.3. The number of aromatic nitrogens is 2. The van der Waals surface area contributed by atoms with Gasteiger partial charge in [-0.2, -0.15) is 21.7 Å². The maximum atomic E-state index is 13.2. The van der Waals surface area contributed by atoms with E-state index in [1.54, 1.807) is 11.3 Å². The molecule has 2 aromatic heterocycles. The molecule has 1 amide bonds. The monoisotopic (exact) mass is 481 g/mol. The number of amides is 1. The number of benzene rings is 2. The SMILES string of the molecule is N#CC1CCN(c2ccc(-c3n[nH]c4ccc(C(=O)NC(c5ccsc5)C5CC5)cc34)cc2)CC1. The summed E-state index contributed by atoms with van der Waals surface area (Å²) in [6.07, 6.45) is 4.16. The molecule has 1 unspecified atom stereocenters. The highest BCUT2D eigenvalue weighted by molar-refractivity contribution is 7.08. The minimum atomic E-state index is -0.0433. The number of fused-ring (bicyclic) bond motifs is 1. The number of carbonyl (C=O) groups is 1. The van der Waals surface area contributed by atoms with Crippen LogP contribution in [0.3, 0.4) is 0 Å². The van der Waals surface area contributed by atoms with Gasteiger partial charge >= 0.3 is 0 Å². The highest BCUT2D eigenvalue weighted by Crippen LogP contribution is 2.41. The summed E-state index contributed by atoms with van der Waals surface area (Å²) >= 11 is 1.67. The zero-order valence-corrected chi connectivity index (χ0v) is 20.2. The maximum Gasteiger partial charge on any atom is 0.251 e. The van der Waals surface area contributed by atoms with Gasteiger partial charge < -0.3 is 10.2 Å². The molecule has 1 atom stereocenters. The molecule has 2 aromatic carbocycles. The summed E-state index contributed by atoms with van der Waals surface area (Å²) in [4.78, 5) is 15.5. The molecule has 4 aromatic rings. The van der Waals surface area contributed by atoms with Crippen LogP contribution < -0.4 is 10.2 Å². The predicted molar refractivity (Wildman–Crippen MR) is 139 cm³/mol. The number of anilines is 1. The van der Waals surface area contributed by atoms with E-state index in [0.717, 1.165) is 60.9 Å². The van der Waals surface area contributed by atoms with Crippen LogP contribution in [0.2, 0.25) is 0 Å². The molecule has 2 N–H and O–H groups in total. The summed E-state index contributed by atoms with van der Waals surface area (Å²) < 4.78 is 0. The lowest BCUT2D eigenvalue weighted by molar-refractivity contribution is 0.0932. The second kappa shape index (κ2) is 9.20. The van der Waals surface area contributed by atoms with Gasteiger partial charge in [0, 0.05) is 41.2 Å². The predicted octanol–water partition coefficient (Wildman–Crippen LogP) is 5.91. The Labute approximate surface area is 208 Å². The van der Waals surface area contributed by atoms with Crippen LogP contribution in [0.1, 0.15) is 47.6 Å². The van der Waals surface area contributed by atoms with Crippen molar-refractivity contribution < 1.29 is 4.79 Å². The topological polar surface area (TPSA) is 84.8 Å². The van der Waals surface area contributed by atoms with E-state index in [-0.39, 0.29) is 17.9 Å². The van der Waals surface area contributed by atoms with Gasteiger partial charge in [0.05, 0.1) is 23.3 Å². The van der Waals surface area contributed by atoms with Gasteiger partial charge in [-0.15, -0.1) is 0 Å². The third kappa shape index (κ3) is 4.42. The van der Waals surface area contributed by atoms with Crippen LogP contribution in [0.25, 0.3) is 22.2 Å². The molecule has 0 bridgehead atoms. The van der Waals surface area contributed by atoms with Crippen molar-refractivity contribution in [2.24, 2.45) is 11.8 Å². The molecular weight excluding hydrogens is 454 g/mol. The summed E-state index contributed by atoms with van der Waals surface area (Å²) in [7, 11) is 0. The lowest BCUT2D eigenvalue weighted by Crippen LogP contribution is -2.33. The number of hydrogen-bond donors (Lipinski definition) is 2. The molecule has 176 valence electrons. The van der Waals surface area contributed by atoms with E-state index in [1.165, 1.54) is 11.3 Å². The number of nitrogens with zero attached hydrogens (tertiary/aromatic N) is 3. The molecule has 0 spiro atoms. The Morgan fingerprint density at radius 2 is 1.91 bits per heavy atom. The molecule has 1 saturated carbocycles. The lowest BCUT2D eigenvalue weighted by Gasteiger charge is -2.31. The Hall–Kier alpha value is -3.63. The first-order chi connectivity index (χ1) is 17.2. The molecule has 6 rings (SSSR count). The fraction of sp³-hybridized carbons (Fsp3) is 0.321. The van der Waals surface area contributed by atoms with Gasteiger partial charge in [-0.25, -0.2) is 0 Å². The lowest BCUT2D eigenvalue weighted by atomic mass is 9.98. The van der Waals surface area contributed by atoms with Crippen molar-refractivity contribution in [2.45, 2.75) is 31.7 Å². The molecule has 1 aliphatic carbocycles. The molecule has 35 heavy (non-hydrogen) atoms. The van der Waals surface area contributed by atoms with E-state index in [1.807, 2.05) is 18.2 Å². The van der Waals surface area contributed by atoms with Crippen molar-refractivity contribution >= 4 is 33.8 Å². The van der Waals surface area contributed by atoms with Gasteiger partial charge in [0.1, 0.15) is 0 Å². The number of H-pyrrole nitrogens is 1. The Morgan fingerprint density at radius 1 is 1.11 bits per heavy atom. The number of aromatic amines is 1. The van der Waals surface area contributed by atoms with E-state index < -0.39 is 0 Å². The van der Waals surface area contributed by atoms with Crippen molar-refractivity contribution in [2.75, 3.05) is 18.0 Å². The molecule has 0 radical (unpaired) electrons. The summed E-state index contributed by atoms with van der Waals surface area (Å²) in [5.74, 6) is 0.668. The van der Waals surface area contributed by atoms with Gasteiger partial charge in [-0.05, 0) is 84.3 Å². The van der Waals surface area contributed by atoms with Crippen LogP contribution in [-0.4, -0.2) is 29.2 Å². The van der Waals surface area contributed by atoms with Crippen LogP contribution >= 0.6 is 11.3 Å². The van der Waals surface area contributed by atoms with Gasteiger partial charge in [0.25, 0.3) is 5.91 Å². The quantitative estimate of drug-likeness (QED) is 0.358. The van der Waals surface area contributed by atoms with Crippen LogP contribution in [0.15, 0.2) is 59.3 Å². The number of nitriles is 1. The molecule has 1 saturated heterocycles. The Balaban J connectivity index is 1.22. The van der Waals surface area contributed by atoms with Crippen molar-refractivity contribution in [1.29, 1.82) is 5.26 Å². The highest BCUT2D eigenvalue weighted by atomic mass is 32.1. The minimum absolute atomic E-state index is 0.0433. The van der Waals surface area contributed by atoms with Crippen LogP contribution in [0.5, 0.6) is 0 Å². The zero-order valence-electron chi connectivity index (χ0n) is 19.4. The molecule has 2 aliphatic rings. The first kappa shape index (κ1) is 21.9. The van der Waals surface area contributed by atoms with Gasteiger partial charge in [-0.1, -0.05) is 12.1 Å². The standard InChI is InChI=1S/C28H27N5OS/c29-16-18-9-12-33(13-10-18)23-6-3-20(4-7-23)27-24-15-21(5-8-25(24)31-32-27)28(34)30-26(19-1-2-19)22-11-14-35-17-22/h3-8,11,14-15,17-19,26H,1-2,9-10,12-13H2,(H,30,34)(H,31,32). The summed E-state index contributed by atoms with van der Waals surface area (Å²) in [5, 5.41) is 25.2. The molecule has 2 fully saturated rings. The Morgan fingerprint density at radius 3 is 2.60 bits per heavy atom. The third-order valence-corrected chi connectivity index (χ3v) is 7.99. The van der Waals surface area contributed by atoms with E-state index in [0.29, 0.717) is 11.5 Å². The van der Waals surface area contributed by atoms with Crippen LogP contribution in [0, 0.1) is 23.2 Å². The maximum absolute atomic E-state index is 13.2. The molecule has 6 nitrogen and oxygen atoms in total. The first-order valence-electron chi connectivity index (χ1n) is 12.3. The molecule has 7 heteroatoms. The number of hydrogen-bond acceptors (Lipinski definition) is 5. The Bertz CT molecular complexity index is 1370. The zero-order chi connectivity index (χ0) is 23.8. The number of rotatable bonds is 6. The first-order valence-corrected chi connectivity index (χ1v) is 13.2. The summed E-state index contributed by atoms with van der Waals surface area (Å²) in [5.41, 5.74) is 5.80.